The number of hydrogen-bond acceptors (Lipinski definition) is 7. The summed E-state index contributed by atoms with van der Waals surface area (Å²) in [4.78, 5) is 11.8. The molecule has 2 unspecified atom stereocenters. The summed E-state index contributed by atoms with van der Waals surface area (Å²) in [6.45, 7) is 3.62. The molecule has 1 aliphatic rings. The lowest BCUT2D eigenvalue weighted by Gasteiger charge is -2.07. The Balaban J connectivity index is 2.50. The van der Waals surface area contributed by atoms with Crippen molar-refractivity contribution in [1.29, 1.82) is 0 Å². The Bertz CT molecular complexity index is 636. The van der Waals surface area contributed by atoms with Crippen LogP contribution in [0.3, 0.4) is 0 Å². The molecule has 0 aromatic carbocycles. The third kappa shape index (κ3) is 2.62. The maximum Gasteiger partial charge on any atom is 0.350 e. The number of carbonyl (C=O) groups excluding carboxylic acids is 1. The zero-order valence-corrected chi connectivity index (χ0v) is 13.2. The second-order valence-corrected chi connectivity index (χ2v) is 8.10. The van der Waals surface area contributed by atoms with Gasteiger partial charge in [0, 0.05) is 6.04 Å². The van der Waals surface area contributed by atoms with Gasteiger partial charge in [-0.15, -0.1) is 11.3 Å². The lowest BCUT2D eigenvalue weighted by atomic mass is 10.4. The fraction of sp³-hybridized carbons (Fsp3) is 0.583. The molecule has 1 saturated carbocycles. The van der Waals surface area contributed by atoms with Crippen LogP contribution in [0.25, 0.3) is 0 Å². The number of nitrogens with one attached hydrogen (secondary N) is 1. The smallest absolute Gasteiger partial charge is 0.350 e. The van der Waals surface area contributed by atoms with Gasteiger partial charge in [-0.25, -0.2) is 13.2 Å². The first-order valence-electron chi connectivity index (χ1n) is 6.31. The minimum Gasteiger partial charge on any atom is -0.465 e. The average Bonchev–Trinajstić information content (AvgIpc) is 2.98. The van der Waals surface area contributed by atoms with Gasteiger partial charge < -0.3 is 15.8 Å². The molecular formula is C12H18N2O4S2. The van der Waals surface area contributed by atoms with Crippen molar-refractivity contribution in [3.63, 3.8) is 0 Å². The molecule has 0 saturated heterocycles. The van der Waals surface area contributed by atoms with E-state index in [0.29, 0.717) is 10.9 Å². The zero-order chi connectivity index (χ0) is 15.1. The van der Waals surface area contributed by atoms with Gasteiger partial charge in [-0.3, -0.25) is 0 Å². The van der Waals surface area contributed by atoms with Crippen molar-refractivity contribution in [3.05, 3.63) is 4.88 Å². The maximum absolute atomic E-state index is 12.2. The van der Waals surface area contributed by atoms with E-state index in [4.69, 9.17) is 5.73 Å². The van der Waals surface area contributed by atoms with Gasteiger partial charge in [0.2, 0.25) is 0 Å². The van der Waals surface area contributed by atoms with E-state index in [2.05, 4.69) is 17.0 Å². The molecule has 0 radical (unpaired) electrons. The van der Waals surface area contributed by atoms with Crippen LogP contribution in [0.15, 0.2) is 4.90 Å². The highest BCUT2D eigenvalue weighted by Gasteiger charge is 2.36. The number of methoxy groups -OCH3 is 1. The molecular weight excluding hydrogens is 300 g/mol. The minimum absolute atomic E-state index is 0.0143. The van der Waals surface area contributed by atoms with Gasteiger partial charge >= 0.3 is 5.97 Å². The Hall–Kier alpha value is -1.28. The molecule has 8 heteroatoms. The van der Waals surface area contributed by atoms with Crippen LogP contribution in [0.5, 0.6) is 0 Å². The van der Waals surface area contributed by atoms with Gasteiger partial charge in [-0.05, 0) is 12.3 Å². The van der Waals surface area contributed by atoms with E-state index in [9.17, 15) is 13.2 Å². The van der Waals surface area contributed by atoms with E-state index in [1.54, 1.807) is 6.92 Å². The van der Waals surface area contributed by atoms with E-state index in [1.807, 2.05) is 0 Å². The predicted octanol–water partition coefficient (Wildman–Crippen LogP) is 1.73. The number of ether oxygens (including phenoxy) is 1. The highest BCUT2D eigenvalue weighted by atomic mass is 32.2. The van der Waals surface area contributed by atoms with E-state index >= 15 is 0 Å². The lowest BCUT2D eigenvalue weighted by molar-refractivity contribution is 0.0607. The molecule has 1 aromatic heterocycles. The predicted molar refractivity (Wildman–Crippen MR) is 79.0 cm³/mol. The van der Waals surface area contributed by atoms with Crippen LogP contribution < -0.4 is 11.1 Å². The SMILES string of the molecule is CCS(=O)(=O)c1c(NC2CC2C)sc(C(=O)OC)c1N. The van der Waals surface area contributed by atoms with E-state index in [-0.39, 0.29) is 27.3 Å². The van der Waals surface area contributed by atoms with Crippen molar-refractivity contribution >= 4 is 37.8 Å². The van der Waals surface area contributed by atoms with Gasteiger partial charge in [0.15, 0.2) is 9.84 Å². The molecule has 2 atom stereocenters. The number of rotatable bonds is 5. The van der Waals surface area contributed by atoms with Gasteiger partial charge in [-0.2, -0.15) is 0 Å². The Labute approximate surface area is 122 Å². The summed E-state index contributed by atoms with van der Waals surface area (Å²) in [6.07, 6.45) is 0.983. The molecule has 0 spiro atoms. The number of carbonyl (C=O) groups is 1. The third-order valence-electron chi connectivity index (χ3n) is 3.39. The number of nitrogens with two attached hydrogens (primary N) is 1. The Kier molecular flexibility index (Phi) is 3.97. The molecule has 0 bridgehead atoms. The summed E-state index contributed by atoms with van der Waals surface area (Å²) >= 11 is 1.04. The topological polar surface area (TPSA) is 98.5 Å². The van der Waals surface area contributed by atoms with Crippen LogP contribution in [0.1, 0.15) is 29.9 Å². The van der Waals surface area contributed by atoms with E-state index < -0.39 is 15.8 Å². The first-order chi connectivity index (χ1) is 9.31. The molecule has 6 nitrogen and oxygen atoms in total. The maximum atomic E-state index is 12.2. The molecule has 20 heavy (non-hydrogen) atoms. The van der Waals surface area contributed by atoms with E-state index in [0.717, 1.165) is 17.8 Å². The van der Waals surface area contributed by atoms with Crippen molar-refractivity contribution in [2.45, 2.75) is 31.2 Å². The summed E-state index contributed by atoms with van der Waals surface area (Å²) in [7, 11) is -2.26. The molecule has 0 aliphatic heterocycles. The number of sulfone groups is 1. The summed E-state index contributed by atoms with van der Waals surface area (Å²) in [5.41, 5.74) is 5.85. The Morgan fingerprint density at radius 3 is 2.60 bits per heavy atom. The number of esters is 1. The van der Waals surface area contributed by atoms with Crippen molar-refractivity contribution in [1.82, 2.24) is 0 Å². The third-order valence-corrected chi connectivity index (χ3v) is 6.44. The van der Waals surface area contributed by atoms with Gasteiger partial charge in [-0.1, -0.05) is 13.8 Å². The largest absolute Gasteiger partial charge is 0.465 e. The van der Waals surface area contributed by atoms with Crippen LogP contribution in [0.2, 0.25) is 0 Å². The Morgan fingerprint density at radius 1 is 1.55 bits per heavy atom. The molecule has 2 rings (SSSR count). The zero-order valence-electron chi connectivity index (χ0n) is 11.6. The Morgan fingerprint density at radius 2 is 2.15 bits per heavy atom. The van der Waals surface area contributed by atoms with Gasteiger partial charge in [0.25, 0.3) is 0 Å². The fourth-order valence-electron chi connectivity index (χ4n) is 1.91. The standard InChI is InChI=1S/C12H18N2O4S2/c1-4-20(16,17)10-8(13)9(12(15)18-3)19-11(10)14-7-5-6(7)2/h6-7,14H,4-5,13H2,1-3H3. The summed E-state index contributed by atoms with van der Waals surface area (Å²) in [5, 5.41) is 3.61. The summed E-state index contributed by atoms with van der Waals surface area (Å²) in [6, 6.07) is 0.240. The number of anilines is 2. The number of thiophene rings is 1. The van der Waals surface area contributed by atoms with Crippen LogP contribution in [0, 0.1) is 5.92 Å². The number of nitrogen functional groups attached to an aromatic ring is 1. The van der Waals surface area contributed by atoms with Crippen molar-refractivity contribution in [3.8, 4) is 0 Å². The summed E-state index contributed by atoms with van der Waals surface area (Å²) < 4.78 is 29.0. The molecule has 112 valence electrons. The molecule has 1 fully saturated rings. The van der Waals surface area contributed by atoms with Gasteiger partial charge in [0.1, 0.15) is 14.8 Å². The highest BCUT2D eigenvalue weighted by molar-refractivity contribution is 7.91. The molecule has 0 amide bonds. The van der Waals surface area contributed by atoms with Gasteiger partial charge in [0.05, 0.1) is 18.6 Å². The first-order valence-corrected chi connectivity index (χ1v) is 8.78. The van der Waals surface area contributed by atoms with Crippen molar-refractivity contribution < 1.29 is 17.9 Å². The first kappa shape index (κ1) is 15.1. The normalized spacial score (nSPS) is 21.6. The quantitative estimate of drug-likeness (QED) is 0.802. The lowest BCUT2D eigenvalue weighted by Crippen LogP contribution is -2.11. The highest BCUT2D eigenvalue weighted by Crippen LogP contribution is 2.43. The summed E-state index contributed by atoms with van der Waals surface area (Å²) in [5.74, 6) is -0.183. The molecule has 1 aliphatic carbocycles. The van der Waals surface area contributed by atoms with Crippen LogP contribution >= 0.6 is 11.3 Å². The minimum atomic E-state index is -3.50. The molecule has 3 N–H and O–H groups in total. The van der Waals surface area contributed by atoms with Crippen LogP contribution in [-0.4, -0.2) is 33.3 Å². The van der Waals surface area contributed by atoms with Crippen molar-refractivity contribution in [2.75, 3.05) is 23.9 Å². The van der Waals surface area contributed by atoms with Crippen LogP contribution in [0.4, 0.5) is 10.7 Å². The number of hydrogen-bond donors (Lipinski definition) is 2. The fourth-order valence-corrected chi connectivity index (χ4v) is 4.55. The van der Waals surface area contributed by atoms with Crippen LogP contribution in [-0.2, 0) is 14.6 Å². The second kappa shape index (κ2) is 5.25. The monoisotopic (exact) mass is 318 g/mol. The average molecular weight is 318 g/mol. The molecule has 1 aromatic rings. The van der Waals surface area contributed by atoms with Crippen molar-refractivity contribution in [2.24, 2.45) is 5.92 Å². The molecule has 1 heterocycles. The second-order valence-electron chi connectivity index (χ2n) is 4.86. The van der Waals surface area contributed by atoms with E-state index in [1.165, 1.54) is 7.11 Å².